The summed E-state index contributed by atoms with van der Waals surface area (Å²) in [5, 5.41) is 5.33. The maximum Gasteiger partial charge on any atom is 0.305 e. The van der Waals surface area contributed by atoms with Gasteiger partial charge in [0.1, 0.15) is 12.6 Å². The molecule has 1 aromatic carbocycles. The highest BCUT2D eigenvalue weighted by molar-refractivity contribution is 6.25. The van der Waals surface area contributed by atoms with E-state index in [9.17, 15) is 24.0 Å². The monoisotopic (exact) mass is 915 g/mol. The molecular formula is C43H69N3O18. The Balaban J connectivity index is 0.956. The van der Waals surface area contributed by atoms with Gasteiger partial charge >= 0.3 is 5.97 Å². The van der Waals surface area contributed by atoms with Crippen molar-refractivity contribution in [2.75, 3.05) is 177 Å². The van der Waals surface area contributed by atoms with Crippen LogP contribution in [0.5, 0.6) is 0 Å². The first-order valence-electron chi connectivity index (χ1n) is 22.1. The summed E-state index contributed by atoms with van der Waals surface area (Å²) in [6.45, 7) is 13.1. The van der Waals surface area contributed by atoms with E-state index in [4.69, 9.17) is 61.6 Å². The van der Waals surface area contributed by atoms with Crippen LogP contribution in [0.4, 0.5) is 5.69 Å². The van der Waals surface area contributed by atoms with Crippen molar-refractivity contribution in [2.24, 2.45) is 0 Å². The smallest absolute Gasteiger partial charge is 0.305 e. The number of carbonyl (C=O) groups is 5. The number of rotatable bonds is 43. The number of anilines is 1. The summed E-state index contributed by atoms with van der Waals surface area (Å²) in [5.41, 5.74) is 0.894. The minimum Gasteiger partial charge on any atom is -0.463 e. The Morgan fingerprint density at radius 2 is 0.953 bits per heavy atom. The van der Waals surface area contributed by atoms with E-state index >= 15 is 0 Å². The summed E-state index contributed by atoms with van der Waals surface area (Å²) >= 11 is 0. The molecule has 1 unspecified atom stereocenters. The number of benzene rings is 1. The van der Waals surface area contributed by atoms with E-state index in [2.05, 4.69) is 10.6 Å². The lowest BCUT2D eigenvalue weighted by molar-refractivity contribution is -0.145. The van der Waals surface area contributed by atoms with Crippen LogP contribution < -0.4 is 10.6 Å². The maximum atomic E-state index is 13.2. The number of hydrogen-bond acceptors (Lipinski definition) is 19. The fraction of sp³-hybridized carbons (Fsp3) is 0.744. The molecule has 2 N–H and O–H groups in total. The van der Waals surface area contributed by atoms with Crippen molar-refractivity contribution in [3.05, 3.63) is 29.3 Å². The third kappa shape index (κ3) is 24.0. The lowest BCUT2D eigenvalue weighted by atomic mass is 10.0. The maximum absolute atomic E-state index is 13.2. The van der Waals surface area contributed by atoms with E-state index in [1.54, 1.807) is 18.2 Å². The molecule has 1 aromatic rings. The zero-order valence-electron chi connectivity index (χ0n) is 37.3. The van der Waals surface area contributed by atoms with Crippen LogP contribution in [0.3, 0.4) is 0 Å². The highest BCUT2D eigenvalue weighted by atomic mass is 16.6. The number of nitrogens with zero attached hydrogens (tertiary/aromatic N) is 1. The van der Waals surface area contributed by atoms with Gasteiger partial charge in [0.05, 0.1) is 170 Å². The molecule has 0 aliphatic carbocycles. The number of nitrogens with one attached hydrogen (secondary N) is 2. The molecule has 4 amide bonds. The standard InChI is InChI=1S/C43H69N3O18/c1-2-4-39(48)64-34-33-63-32-31-62-30-29-61-28-27-60-26-25-59-24-23-58-22-21-57-20-19-56-18-17-55-16-15-54-14-13-53-12-11-52-10-9-44-36-6-3-5-35-40(36)43(51)46(42(35)50)37-7-8-38(47)45-41(37)49/h3,5-6,37,44H,2,4,7-34H2,1H3,(H,45,47,49). The van der Waals surface area contributed by atoms with Gasteiger partial charge in [-0.1, -0.05) is 13.0 Å². The Kier molecular flexibility index (Phi) is 31.2. The first-order valence-corrected chi connectivity index (χ1v) is 22.1. The summed E-state index contributed by atoms with van der Waals surface area (Å²) in [6.07, 6.45) is 1.37. The van der Waals surface area contributed by atoms with Crippen LogP contribution in [0.2, 0.25) is 0 Å². The summed E-state index contributed by atoms with van der Waals surface area (Å²) in [6, 6.07) is 3.89. The molecule has 21 heteroatoms. The minimum atomic E-state index is -1.02. The van der Waals surface area contributed by atoms with Crippen LogP contribution in [-0.2, 0) is 76.0 Å². The van der Waals surface area contributed by atoms with Crippen molar-refractivity contribution in [2.45, 2.75) is 38.6 Å². The fourth-order valence-electron chi connectivity index (χ4n) is 5.93. The van der Waals surface area contributed by atoms with Gasteiger partial charge in [0.15, 0.2) is 0 Å². The second-order valence-corrected chi connectivity index (χ2v) is 13.9. The molecule has 0 saturated carbocycles. The molecule has 1 saturated heterocycles. The van der Waals surface area contributed by atoms with E-state index in [1.807, 2.05) is 6.92 Å². The molecule has 0 bridgehead atoms. The van der Waals surface area contributed by atoms with E-state index in [1.165, 1.54) is 0 Å². The van der Waals surface area contributed by atoms with Gasteiger partial charge in [-0.2, -0.15) is 0 Å². The van der Waals surface area contributed by atoms with Crippen LogP contribution in [0.15, 0.2) is 18.2 Å². The largest absolute Gasteiger partial charge is 0.463 e. The number of ether oxygens (including phenoxy) is 13. The van der Waals surface area contributed by atoms with Crippen molar-refractivity contribution in [1.29, 1.82) is 0 Å². The Hall–Kier alpha value is -3.71. The van der Waals surface area contributed by atoms with Crippen LogP contribution in [-0.4, -0.2) is 212 Å². The molecule has 364 valence electrons. The van der Waals surface area contributed by atoms with Gasteiger partial charge < -0.3 is 66.9 Å². The number of piperidine rings is 1. The number of hydrogen-bond donors (Lipinski definition) is 2. The molecule has 0 radical (unpaired) electrons. The number of carbonyl (C=O) groups excluding carboxylic acids is 5. The molecule has 64 heavy (non-hydrogen) atoms. The average Bonchev–Trinajstić information content (AvgIpc) is 3.54. The van der Waals surface area contributed by atoms with Gasteiger partial charge in [-0.25, -0.2) is 0 Å². The van der Waals surface area contributed by atoms with Crippen molar-refractivity contribution >= 4 is 35.3 Å². The van der Waals surface area contributed by atoms with Crippen LogP contribution >= 0.6 is 0 Å². The number of imide groups is 2. The van der Waals surface area contributed by atoms with Gasteiger partial charge in [0.25, 0.3) is 11.8 Å². The summed E-state index contributed by atoms with van der Waals surface area (Å²) in [5.74, 6) is -2.38. The van der Waals surface area contributed by atoms with Crippen molar-refractivity contribution in [3.8, 4) is 0 Å². The second-order valence-electron chi connectivity index (χ2n) is 13.9. The molecular weight excluding hydrogens is 846 g/mol. The molecule has 21 nitrogen and oxygen atoms in total. The van der Waals surface area contributed by atoms with Crippen LogP contribution in [0, 0.1) is 0 Å². The van der Waals surface area contributed by atoms with E-state index < -0.39 is 29.7 Å². The Labute approximate surface area is 375 Å². The Morgan fingerprint density at radius 1 is 0.562 bits per heavy atom. The number of amides is 4. The van der Waals surface area contributed by atoms with Gasteiger partial charge in [-0.3, -0.25) is 34.2 Å². The van der Waals surface area contributed by atoms with E-state index in [0.29, 0.717) is 177 Å². The lowest BCUT2D eigenvalue weighted by Gasteiger charge is -2.27. The van der Waals surface area contributed by atoms with Crippen LogP contribution in [0.25, 0.3) is 0 Å². The molecule has 1 atom stereocenters. The van der Waals surface area contributed by atoms with Gasteiger partial charge in [0, 0.05) is 25.1 Å². The molecule has 2 aliphatic heterocycles. The SMILES string of the molecule is CCCC(=O)OCCOCCOCCOCCOCCOCCOCCOCCOCCOCCOCCOCCOCCNc1cccc2c1C(=O)N(C1CCC(=O)NC1=O)C2=O. The third-order valence-electron chi connectivity index (χ3n) is 9.07. The molecule has 2 aliphatic rings. The minimum absolute atomic E-state index is 0.0615. The topological polar surface area (TPSA) is 233 Å². The van der Waals surface area contributed by atoms with Crippen LogP contribution in [0.1, 0.15) is 53.3 Å². The van der Waals surface area contributed by atoms with Gasteiger partial charge in [-0.05, 0) is 25.0 Å². The molecule has 1 fully saturated rings. The van der Waals surface area contributed by atoms with E-state index in [-0.39, 0.29) is 36.5 Å². The van der Waals surface area contributed by atoms with Gasteiger partial charge in [0.2, 0.25) is 11.8 Å². The lowest BCUT2D eigenvalue weighted by Crippen LogP contribution is -2.54. The number of esters is 1. The summed E-state index contributed by atoms with van der Waals surface area (Å²) in [4.78, 5) is 62.1. The van der Waals surface area contributed by atoms with Crippen molar-refractivity contribution in [1.82, 2.24) is 10.2 Å². The highest BCUT2D eigenvalue weighted by Crippen LogP contribution is 2.32. The summed E-state index contributed by atoms with van der Waals surface area (Å²) in [7, 11) is 0. The Bertz CT molecular complexity index is 1460. The number of fused-ring (bicyclic) bond motifs is 1. The fourth-order valence-corrected chi connectivity index (χ4v) is 5.93. The third-order valence-corrected chi connectivity index (χ3v) is 9.07. The predicted octanol–water partition coefficient (Wildman–Crippen LogP) is 1.04. The average molecular weight is 916 g/mol. The predicted molar refractivity (Wildman–Crippen MR) is 227 cm³/mol. The first kappa shape index (κ1) is 54.6. The molecule has 2 heterocycles. The molecule has 0 spiro atoms. The van der Waals surface area contributed by atoms with Crippen molar-refractivity contribution < 1.29 is 85.6 Å². The zero-order valence-corrected chi connectivity index (χ0v) is 37.3. The van der Waals surface area contributed by atoms with Gasteiger partial charge in [-0.15, -0.1) is 0 Å². The molecule has 3 rings (SSSR count). The highest BCUT2D eigenvalue weighted by Gasteiger charge is 2.45. The quantitative estimate of drug-likeness (QED) is 0.0529. The normalized spacial score (nSPS) is 15.0. The van der Waals surface area contributed by atoms with E-state index in [0.717, 1.165) is 11.3 Å². The van der Waals surface area contributed by atoms with Crippen molar-refractivity contribution in [3.63, 3.8) is 0 Å². The second kappa shape index (κ2) is 36.5. The molecule has 0 aromatic heterocycles. The summed E-state index contributed by atoms with van der Waals surface area (Å²) < 4.78 is 70.8. The first-order chi connectivity index (χ1) is 31.4. The zero-order chi connectivity index (χ0) is 45.7. The Morgan fingerprint density at radius 3 is 1.34 bits per heavy atom.